The fourth-order valence-electron chi connectivity index (χ4n) is 4.21. The van der Waals surface area contributed by atoms with Crippen LogP contribution in [0.3, 0.4) is 0 Å². The van der Waals surface area contributed by atoms with Crippen LogP contribution in [-0.2, 0) is 32.6 Å². The van der Waals surface area contributed by atoms with E-state index in [2.05, 4.69) is 21.2 Å². The van der Waals surface area contributed by atoms with E-state index in [1.807, 2.05) is 51.1 Å². The maximum absolute atomic E-state index is 14.1. The van der Waals surface area contributed by atoms with Crippen molar-refractivity contribution in [1.82, 2.24) is 10.2 Å². The summed E-state index contributed by atoms with van der Waals surface area (Å²) in [6.07, 6.45) is 1.27. The molecule has 41 heavy (non-hydrogen) atoms. The van der Waals surface area contributed by atoms with Gasteiger partial charge in [0, 0.05) is 34.0 Å². The number of carbonyl (C=O) groups is 2. The lowest BCUT2D eigenvalue weighted by molar-refractivity contribution is -0.140. The monoisotopic (exact) mass is 681 g/mol. The summed E-state index contributed by atoms with van der Waals surface area (Å²) in [5.74, 6) is -0.707. The summed E-state index contributed by atoms with van der Waals surface area (Å²) < 4.78 is 27.7. The molecule has 0 saturated carbocycles. The number of benzene rings is 3. The van der Waals surface area contributed by atoms with Crippen molar-refractivity contribution in [3.63, 3.8) is 0 Å². The van der Waals surface area contributed by atoms with Gasteiger partial charge in [0.25, 0.3) is 0 Å². The Balaban J connectivity index is 2.08. The number of halogens is 3. The van der Waals surface area contributed by atoms with Crippen LogP contribution in [0, 0.1) is 12.8 Å². The lowest BCUT2D eigenvalue weighted by Crippen LogP contribution is -2.53. The predicted molar refractivity (Wildman–Crippen MR) is 170 cm³/mol. The molecule has 0 fully saturated rings. The van der Waals surface area contributed by atoms with Gasteiger partial charge in [0.15, 0.2) is 0 Å². The molecule has 0 spiro atoms. The summed E-state index contributed by atoms with van der Waals surface area (Å²) in [5.41, 5.74) is 2.57. The zero-order chi connectivity index (χ0) is 30.3. The molecule has 0 aromatic heterocycles. The van der Waals surface area contributed by atoms with Gasteiger partial charge in [0.05, 0.1) is 11.9 Å². The van der Waals surface area contributed by atoms with Gasteiger partial charge in [0.1, 0.15) is 12.6 Å². The Morgan fingerprint density at radius 1 is 1.00 bits per heavy atom. The van der Waals surface area contributed by atoms with Gasteiger partial charge in [-0.15, -0.1) is 0 Å². The molecule has 7 nitrogen and oxygen atoms in total. The van der Waals surface area contributed by atoms with Crippen LogP contribution in [0.4, 0.5) is 5.69 Å². The molecule has 0 aliphatic heterocycles. The summed E-state index contributed by atoms with van der Waals surface area (Å²) in [7, 11) is -3.86. The van der Waals surface area contributed by atoms with Crippen LogP contribution < -0.4 is 9.62 Å². The highest BCUT2D eigenvalue weighted by atomic mass is 79.9. The number of anilines is 1. The molecule has 0 bridgehead atoms. The zero-order valence-electron chi connectivity index (χ0n) is 23.4. The van der Waals surface area contributed by atoms with E-state index in [4.69, 9.17) is 23.2 Å². The van der Waals surface area contributed by atoms with E-state index >= 15 is 0 Å². The van der Waals surface area contributed by atoms with Gasteiger partial charge < -0.3 is 10.2 Å². The molecule has 0 aliphatic rings. The largest absolute Gasteiger partial charge is 0.354 e. The lowest BCUT2D eigenvalue weighted by Gasteiger charge is -2.34. The van der Waals surface area contributed by atoms with E-state index < -0.39 is 28.5 Å². The third-order valence-electron chi connectivity index (χ3n) is 6.42. The predicted octanol–water partition coefficient (Wildman–Crippen LogP) is 6.24. The Morgan fingerprint density at radius 2 is 1.68 bits per heavy atom. The first-order valence-corrected chi connectivity index (χ1v) is 16.4. The normalized spacial score (nSPS) is 12.2. The van der Waals surface area contributed by atoms with Gasteiger partial charge in [-0.2, -0.15) is 0 Å². The van der Waals surface area contributed by atoms with Crippen LogP contribution in [0.5, 0.6) is 0 Å². The number of nitrogens with one attached hydrogen (secondary N) is 1. The van der Waals surface area contributed by atoms with Crippen LogP contribution in [0.1, 0.15) is 30.5 Å². The van der Waals surface area contributed by atoms with Crippen LogP contribution in [0.25, 0.3) is 0 Å². The van der Waals surface area contributed by atoms with E-state index in [0.717, 1.165) is 26.2 Å². The number of sulfonamides is 1. The molecule has 2 amide bonds. The highest BCUT2D eigenvalue weighted by molar-refractivity contribution is 9.10. The highest BCUT2D eigenvalue weighted by Gasteiger charge is 2.33. The Labute approximate surface area is 261 Å². The summed E-state index contributed by atoms with van der Waals surface area (Å²) in [6, 6.07) is 18.4. The van der Waals surface area contributed by atoms with E-state index in [1.54, 1.807) is 36.4 Å². The molecule has 11 heteroatoms. The molecule has 0 heterocycles. The van der Waals surface area contributed by atoms with Crippen LogP contribution in [0.15, 0.2) is 71.2 Å². The van der Waals surface area contributed by atoms with E-state index in [-0.39, 0.29) is 24.8 Å². The van der Waals surface area contributed by atoms with E-state index in [1.165, 1.54) is 4.90 Å². The molecule has 0 unspecified atom stereocenters. The maximum atomic E-state index is 14.1. The van der Waals surface area contributed by atoms with Gasteiger partial charge in [-0.25, -0.2) is 8.42 Å². The molecule has 1 atom stereocenters. The molecule has 0 saturated heterocycles. The van der Waals surface area contributed by atoms with Crippen molar-refractivity contribution in [2.45, 2.75) is 39.8 Å². The van der Waals surface area contributed by atoms with E-state index in [9.17, 15) is 18.0 Å². The molecule has 1 N–H and O–H groups in total. The second kappa shape index (κ2) is 14.5. The van der Waals surface area contributed by atoms with Crippen molar-refractivity contribution in [1.29, 1.82) is 0 Å². The Bertz CT molecular complexity index is 1490. The van der Waals surface area contributed by atoms with Crippen molar-refractivity contribution in [2.24, 2.45) is 5.92 Å². The summed E-state index contributed by atoms with van der Waals surface area (Å²) in [4.78, 5) is 29.2. The maximum Gasteiger partial charge on any atom is 0.244 e. The molecule has 0 aliphatic carbocycles. The number of rotatable bonds is 12. The van der Waals surface area contributed by atoms with Crippen molar-refractivity contribution in [3.8, 4) is 0 Å². The molecular formula is C30H34BrCl2N3O4S. The van der Waals surface area contributed by atoms with Gasteiger partial charge in [-0.05, 0) is 59.9 Å². The minimum absolute atomic E-state index is 0.0294. The molecule has 220 valence electrons. The standard InChI is InChI=1S/C30H34BrCl2N3O4S/c1-20(2)17-34-30(38)28(15-22-8-6-5-7-9-22)35(18-23-10-11-24(32)16-27(23)33)29(37)19-36(41(4,39)40)25-12-13-26(31)21(3)14-25/h5-14,16,20,28H,15,17-19H2,1-4H3,(H,34,38)/t28-/m1/s1. The van der Waals surface area contributed by atoms with Crippen LogP contribution in [-0.4, -0.2) is 50.5 Å². The van der Waals surface area contributed by atoms with Gasteiger partial charge in [0.2, 0.25) is 21.8 Å². The molecule has 3 aromatic rings. The minimum atomic E-state index is -3.86. The number of hydrogen-bond donors (Lipinski definition) is 1. The lowest BCUT2D eigenvalue weighted by atomic mass is 10.0. The third-order valence-corrected chi connectivity index (χ3v) is 9.04. The van der Waals surface area contributed by atoms with Gasteiger partial charge >= 0.3 is 0 Å². The van der Waals surface area contributed by atoms with E-state index in [0.29, 0.717) is 27.8 Å². The minimum Gasteiger partial charge on any atom is -0.354 e. The third kappa shape index (κ3) is 9.46. The number of nitrogens with zero attached hydrogens (tertiary/aromatic N) is 2. The quantitative estimate of drug-likeness (QED) is 0.245. The first-order valence-electron chi connectivity index (χ1n) is 13.0. The average molecular weight is 683 g/mol. The number of hydrogen-bond acceptors (Lipinski definition) is 4. The van der Waals surface area contributed by atoms with Crippen molar-refractivity contribution in [3.05, 3.63) is 97.9 Å². The van der Waals surface area contributed by atoms with Crippen LogP contribution in [0.2, 0.25) is 10.0 Å². The Hall–Kier alpha value is -2.59. The summed E-state index contributed by atoms with van der Waals surface area (Å²) in [5, 5.41) is 3.72. The zero-order valence-corrected chi connectivity index (χ0v) is 27.3. The number of amides is 2. The topological polar surface area (TPSA) is 86.8 Å². The highest BCUT2D eigenvalue weighted by Crippen LogP contribution is 2.27. The smallest absolute Gasteiger partial charge is 0.244 e. The van der Waals surface area contributed by atoms with Crippen LogP contribution >= 0.6 is 39.1 Å². The fraction of sp³-hybridized carbons (Fsp3) is 0.333. The number of carbonyl (C=O) groups excluding carboxylic acids is 2. The van der Waals surface area contributed by atoms with Gasteiger partial charge in [-0.1, -0.05) is 89.4 Å². The Morgan fingerprint density at radius 3 is 2.27 bits per heavy atom. The second-order valence-corrected chi connectivity index (χ2v) is 13.9. The molecule has 3 aromatic carbocycles. The first kappa shape index (κ1) is 32.9. The second-order valence-electron chi connectivity index (χ2n) is 10.3. The van der Waals surface area contributed by atoms with Crippen molar-refractivity contribution >= 4 is 66.7 Å². The fourth-order valence-corrected chi connectivity index (χ4v) is 5.76. The molecule has 0 radical (unpaired) electrons. The average Bonchev–Trinajstić information content (AvgIpc) is 2.90. The SMILES string of the molecule is Cc1cc(N(CC(=O)N(Cc2ccc(Cl)cc2Cl)[C@H](Cc2ccccc2)C(=O)NCC(C)C)S(C)(=O)=O)ccc1Br. The Kier molecular flexibility index (Phi) is 11.7. The molecular weight excluding hydrogens is 649 g/mol. The van der Waals surface area contributed by atoms with Crippen molar-refractivity contribution in [2.75, 3.05) is 23.7 Å². The molecule has 3 rings (SSSR count). The summed E-state index contributed by atoms with van der Waals surface area (Å²) >= 11 is 16.0. The summed E-state index contributed by atoms with van der Waals surface area (Å²) in [6.45, 7) is 5.67. The van der Waals surface area contributed by atoms with Gasteiger partial charge in [-0.3, -0.25) is 13.9 Å². The van der Waals surface area contributed by atoms with Crippen molar-refractivity contribution < 1.29 is 18.0 Å². The number of aryl methyl sites for hydroxylation is 1. The first-order chi connectivity index (χ1) is 19.3.